The summed E-state index contributed by atoms with van der Waals surface area (Å²) < 4.78 is 68.3. The first-order valence-corrected chi connectivity index (χ1v) is 17.6. The molecule has 0 radical (unpaired) electrons. The third kappa shape index (κ3) is 9.28. The van der Waals surface area contributed by atoms with E-state index in [4.69, 9.17) is 38.6 Å². The smallest absolute Gasteiger partial charge is 0.383 e. The second-order valence-electron chi connectivity index (χ2n) is 9.70. The summed E-state index contributed by atoms with van der Waals surface area (Å²) in [6.07, 6.45) is -6.84. The molecular weight excluding hydrogens is 696 g/mol. The molecule has 2 aliphatic heterocycles. The highest BCUT2D eigenvalue weighted by Gasteiger charge is 2.49. The summed E-state index contributed by atoms with van der Waals surface area (Å²) in [5.41, 5.74) is 3.06. The van der Waals surface area contributed by atoms with Crippen molar-refractivity contribution < 1.29 is 65.7 Å². The SMILES string of the molecule is Cc1cn([C@H]2C[C@H](OP(=O)(O)OC[C@H]3O[C@@H](n4ccc(N)nc4=O)[C@H](S)[C@@H]3OP(=O)(O)O)[C@@H](CO[32P](=O)(O)O)O2)c(=O)[nH]c1=O. The van der Waals surface area contributed by atoms with Crippen LogP contribution >= 0.6 is 36.1 Å². The number of anilines is 1. The molecule has 1 unspecified atom stereocenters. The van der Waals surface area contributed by atoms with Gasteiger partial charge in [0, 0.05) is 24.4 Å². The number of phosphoric acid groups is 3. The van der Waals surface area contributed by atoms with Crippen LogP contribution in [-0.4, -0.2) is 86.4 Å². The zero-order valence-corrected chi connectivity index (χ0v) is 26.3. The summed E-state index contributed by atoms with van der Waals surface area (Å²) in [6.45, 7) is -0.418. The third-order valence-electron chi connectivity index (χ3n) is 6.41. The quantitative estimate of drug-likeness (QED) is 0.0889. The van der Waals surface area contributed by atoms with E-state index in [1.54, 1.807) is 0 Å². The van der Waals surface area contributed by atoms with E-state index < -0.39 is 95.7 Å². The van der Waals surface area contributed by atoms with Gasteiger partial charge in [-0.05, 0) is 13.0 Å². The zero-order valence-electron chi connectivity index (χ0n) is 22.7. The Morgan fingerprint density at radius 2 is 1.69 bits per heavy atom. The van der Waals surface area contributed by atoms with Crippen molar-refractivity contribution in [3.63, 3.8) is 0 Å². The van der Waals surface area contributed by atoms with Crippen LogP contribution in [0.5, 0.6) is 0 Å². The number of phosphoric ester groups is 3. The van der Waals surface area contributed by atoms with E-state index in [2.05, 4.69) is 22.1 Å². The van der Waals surface area contributed by atoms with Gasteiger partial charge >= 0.3 is 34.8 Å². The molecule has 4 heterocycles. The second-order valence-corrected chi connectivity index (χ2v) is 14.1. The van der Waals surface area contributed by atoms with Crippen LogP contribution in [0.1, 0.15) is 24.4 Å². The number of nitrogen functional groups attached to an aromatic ring is 1. The van der Waals surface area contributed by atoms with E-state index in [9.17, 15) is 42.8 Å². The van der Waals surface area contributed by atoms with Crippen LogP contribution in [0, 0.1) is 6.92 Å². The Kier molecular flexibility index (Phi) is 10.8. The normalized spacial score (nSPS) is 28.7. The maximum atomic E-state index is 13.0. The average Bonchev–Trinajstić information content (AvgIpc) is 3.42. The summed E-state index contributed by atoms with van der Waals surface area (Å²) in [4.78, 5) is 89.5. The Labute approximate surface area is 256 Å². The number of hydrogen-bond acceptors (Lipinski definition) is 15. The van der Waals surface area contributed by atoms with Crippen molar-refractivity contribution in [2.45, 2.75) is 55.5 Å². The highest BCUT2D eigenvalue weighted by atomic mass is 32.2. The lowest BCUT2D eigenvalue weighted by Crippen LogP contribution is -2.35. The van der Waals surface area contributed by atoms with Crippen molar-refractivity contribution in [3.05, 3.63) is 55.3 Å². The summed E-state index contributed by atoms with van der Waals surface area (Å²) in [6, 6.07) is 1.23. The van der Waals surface area contributed by atoms with Crippen molar-refractivity contribution in [3.8, 4) is 0 Å². The topological polar surface area (TPSA) is 324 Å². The van der Waals surface area contributed by atoms with E-state index in [1.165, 1.54) is 19.2 Å². The Morgan fingerprint density at radius 3 is 2.31 bits per heavy atom. The Morgan fingerprint density at radius 1 is 1.02 bits per heavy atom. The molecule has 2 aromatic heterocycles. The van der Waals surface area contributed by atoms with Crippen molar-refractivity contribution in [2.24, 2.45) is 0 Å². The van der Waals surface area contributed by atoms with Gasteiger partial charge in [-0.15, -0.1) is 0 Å². The number of rotatable bonds is 12. The molecule has 0 amide bonds. The number of aromatic nitrogens is 4. The number of nitrogens with two attached hydrogens (primary N) is 1. The molecular formula is C19H28N5O17P3S. The summed E-state index contributed by atoms with van der Waals surface area (Å²) in [5, 5.41) is -1.26. The minimum atomic E-state index is -5.21. The number of ether oxygens (including phenoxy) is 2. The molecule has 8 N–H and O–H groups in total. The number of thiol groups is 1. The van der Waals surface area contributed by atoms with E-state index in [0.29, 0.717) is 0 Å². The van der Waals surface area contributed by atoms with Crippen LogP contribution in [0.3, 0.4) is 0 Å². The molecule has 0 aromatic carbocycles. The molecule has 8 atom stereocenters. The van der Waals surface area contributed by atoms with Gasteiger partial charge in [0.2, 0.25) is 0 Å². The van der Waals surface area contributed by atoms with Gasteiger partial charge in [0.15, 0.2) is 6.23 Å². The predicted molar refractivity (Wildman–Crippen MR) is 150 cm³/mol. The van der Waals surface area contributed by atoms with Gasteiger partial charge in [0.1, 0.15) is 36.5 Å². The molecule has 26 heteroatoms. The Balaban J connectivity index is 1.52. The maximum Gasteiger partial charge on any atom is 0.472 e. The Bertz CT molecular complexity index is 1720. The third-order valence-corrected chi connectivity index (χ3v) is 8.97. The molecule has 0 aliphatic carbocycles. The number of nitrogens with zero attached hydrogens (tertiary/aromatic N) is 3. The van der Waals surface area contributed by atoms with Crippen molar-refractivity contribution in [1.82, 2.24) is 19.1 Å². The van der Waals surface area contributed by atoms with E-state index in [0.717, 1.165) is 15.3 Å². The molecule has 0 spiro atoms. The summed E-state index contributed by atoms with van der Waals surface area (Å²) in [7, 11) is -15.4. The van der Waals surface area contributed by atoms with Gasteiger partial charge in [-0.1, -0.05) is 0 Å². The van der Waals surface area contributed by atoms with Crippen LogP contribution in [0.15, 0.2) is 32.8 Å². The van der Waals surface area contributed by atoms with Crippen LogP contribution in [0.4, 0.5) is 5.82 Å². The summed E-state index contributed by atoms with van der Waals surface area (Å²) in [5.74, 6) is -0.130. The molecule has 4 rings (SSSR count). The van der Waals surface area contributed by atoms with Crippen LogP contribution in [0.25, 0.3) is 0 Å². The fraction of sp³-hybridized carbons (Fsp3) is 0.579. The first-order chi connectivity index (χ1) is 20.7. The highest BCUT2D eigenvalue weighted by Crippen LogP contribution is 2.51. The molecule has 2 saturated heterocycles. The molecule has 2 aliphatic rings. The highest BCUT2D eigenvalue weighted by molar-refractivity contribution is 7.81. The van der Waals surface area contributed by atoms with Gasteiger partial charge in [-0.3, -0.25) is 37.0 Å². The van der Waals surface area contributed by atoms with Gasteiger partial charge in [0.05, 0.1) is 18.5 Å². The maximum absolute atomic E-state index is 13.0. The van der Waals surface area contributed by atoms with E-state index >= 15 is 0 Å². The van der Waals surface area contributed by atoms with Crippen molar-refractivity contribution >= 4 is 41.9 Å². The lowest BCUT2D eigenvalue weighted by molar-refractivity contribution is -0.0565. The first kappa shape index (κ1) is 35.8. The molecule has 22 nitrogen and oxygen atoms in total. The van der Waals surface area contributed by atoms with Crippen LogP contribution in [0.2, 0.25) is 0 Å². The summed E-state index contributed by atoms with van der Waals surface area (Å²) >= 11 is 4.25. The predicted octanol–water partition coefficient (Wildman–Crippen LogP) is -1.74. The van der Waals surface area contributed by atoms with Gasteiger partial charge in [0.25, 0.3) is 5.56 Å². The molecule has 2 aromatic rings. The standard InChI is InChI=1S/C19H28N5O17P3S/c1-8-5-24(19(27)22-16(8)25)13-4-9(10(38-13)6-36-42(28,29)30)40-44(34,35)37-7-11-14(41-43(31,32)33)15(45)17(39-11)23-3-2-12(20)21-18(23)26/h2-3,5,9-11,13-15,17,45H,4,6-7H2,1H3,(H,34,35)(H2,20,21,26)(H,22,25,27)(H2,28,29,30)(H2,31,32,33)/t9-,10+,11+,13+,14+,15+,17+/m0/s1/i42+1. The van der Waals surface area contributed by atoms with Gasteiger partial charge in [-0.2, -0.15) is 17.6 Å². The number of nitrogens with one attached hydrogen (secondary N) is 1. The van der Waals surface area contributed by atoms with Crippen molar-refractivity contribution in [1.29, 1.82) is 0 Å². The fourth-order valence-electron chi connectivity index (χ4n) is 4.46. The minimum absolute atomic E-state index is 0.100. The lowest BCUT2D eigenvalue weighted by atomic mass is 10.2. The molecule has 45 heavy (non-hydrogen) atoms. The molecule has 252 valence electrons. The average molecular weight is 724 g/mol. The zero-order chi connectivity index (χ0) is 33.5. The van der Waals surface area contributed by atoms with Gasteiger partial charge < -0.3 is 39.7 Å². The number of aromatic amines is 1. The van der Waals surface area contributed by atoms with Crippen LogP contribution in [-0.2, 0) is 41.3 Å². The number of aryl methyl sites for hydroxylation is 1. The minimum Gasteiger partial charge on any atom is -0.383 e. The second kappa shape index (κ2) is 13.6. The molecule has 0 saturated carbocycles. The lowest BCUT2D eigenvalue weighted by Gasteiger charge is -2.24. The largest absolute Gasteiger partial charge is 0.472 e. The number of H-pyrrole nitrogens is 1. The van der Waals surface area contributed by atoms with Crippen LogP contribution < -0.4 is 22.7 Å². The molecule has 0 bridgehead atoms. The fourth-order valence-corrected chi connectivity index (χ4v) is 6.91. The number of hydrogen-bond donors (Lipinski definition) is 8. The van der Waals surface area contributed by atoms with E-state index in [1.807, 2.05) is 4.98 Å². The first-order valence-electron chi connectivity index (χ1n) is 12.5. The monoisotopic (exact) mass is 724 g/mol. The van der Waals surface area contributed by atoms with E-state index in [-0.39, 0.29) is 17.8 Å². The van der Waals surface area contributed by atoms with Gasteiger partial charge in [-0.25, -0.2) is 23.3 Å². The van der Waals surface area contributed by atoms with Crippen molar-refractivity contribution in [2.75, 3.05) is 18.9 Å². The Hall–Kier alpha value is -2.04. The molecule has 2 fully saturated rings.